The highest BCUT2D eigenvalue weighted by Crippen LogP contribution is 2.28. The monoisotopic (exact) mass is 317 g/mol. The smallest absolute Gasteiger partial charge is 0.0347 e. The van der Waals surface area contributed by atoms with Gasteiger partial charge in [-0.3, -0.25) is 0 Å². The molecule has 0 fully saturated rings. The first kappa shape index (κ1) is 14.3. The fraction of sp³-hybridized carbons (Fsp3) is 0.294. The van der Waals surface area contributed by atoms with Gasteiger partial charge in [-0.05, 0) is 49.4 Å². The molecule has 1 nitrogen and oxygen atoms in total. The number of benzene rings is 2. The van der Waals surface area contributed by atoms with E-state index in [-0.39, 0.29) is 6.04 Å². The van der Waals surface area contributed by atoms with Crippen molar-refractivity contribution in [2.24, 2.45) is 5.73 Å². The Kier molecular flexibility index (Phi) is 4.43. The van der Waals surface area contributed by atoms with Crippen LogP contribution in [0.25, 0.3) is 0 Å². The molecule has 1 unspecified atom stereocenters. The molecule has 2 N–H and O–H groups in total. The van der Waals surface area contributed by atoms with E-state index in [9.17, 15) is 0 Å². The minimum Gasteiger partial charge on any atom is -0.324 e. The Hall–Kier alpha value is -1.12. The number of nitrogens with two attached hydrogens (primary N) is 1. The van der Waals surface area contributed by atoms with E-state index >= 15 is 0 Å². The number of rotatable bonds is 3. The largest absolute Gasteiger partial charge is 0.324 e. The van der Waals surface area contributed by atoms with E-state index in [2.05, 4.69) is 73.1 Å². The van der Waals surface area contributed by atoms with Crippen molar-refractivity contribution in [3.63, 3.8) is 0 Å². The Bertz CT molecular complexity index is 590. The van der Waals surface area contributed by atoms with Crippen LogP contribution >= 0.6 is 15.9 Å². The molecular formula is C17H20BrN. The first-order chi connectivity index (χ1) is 8.99. The summed E-state index contributed by atoms with van der Waals surface area (Å²) in [6.45, 7) is 6.36. The van der Waals surface area contributed by atoms with Crippen LogP contribution in [-0.2, 0) is 6.42 Å². The number of hydrogen-bond donors (Lipinski definition) is 1. The number of halogens is 1. The predicted octanol–water partition coefficient (Wildman–Crippen LogP) is 4.62. The minimum absolute atomic E-state index is 0.0229. The molecule has 2 heteroatoms. The molecule has 1 atom stereocenters. The van der Waals surface area contributed by atoms with Crippen LogP contribution in [0.5, 0.6) is 0 Å². The highest BCUT2D eigenvalue weighted by molar-refractivity contribution is 9.10. The third kappa shape index (κ3) is 3.26. The molecule has 0 aromatic heterocycles. The lowest BCUT2D eigenvalue weighted by atomic mass is 9.95. The summed E-state index contributed by atoms with van der Waals surface area (Å²) in [7, 11) is 0. The highest BCUT2D eigenvalue weighted by Gasteiger charge is 2.13. The van der Waals surface area contributed by atoms with Crippen LogP contribution < -0.4 is 5.73 Å². The molecule has 19 heavy (non-hydrogen) atoms. The molecule has 0 aliphatic rings. The zero-order chi connectivity index (χ0) is 14.0. The van der Waals surface area contributed by atoms with Gasteiger partial charge in [0.2, 0.25) is 0 Å². The minimum atomic E-state index is 0.0229. The number of aryl methyl sites for hydroxylation is 3. The van der Waals surface area contributed by atoms with Crippen molar-refractivity contribution >= 4 is 15.9 Å². The van der Waals surface area contributed by atoms with Crippen LogP contribution in [0.3, 0.4) is 0 Å². The van der Waals surface area contributed by atoms with Gasteiger partial charge < -0.3 is 5.73 Å². The third-order valence-corrected chi connectivity index (χ3v) is 4.65. The Balaban J connectivity index is 2.28. The van der Waals surface area contributed by atoms with Gasteiger partial charge in [0.05, 0.1) is 0 Å². The Labute approximate surface area is 124 Å². The molecule has 0 amide bonds. The fourth-order valence-electron chi connectivity index (χ4n) is 2.32. The van der Waals surface area contributed by atoms with Crippen LogP contribution in [0.15, 0.2) is 40.9 Å². The first-order valence-electron chi connectivity index (χ1n) is 6.55. The maximum atomic E-state index is 6.39. The lowest BCUT2D eigenvalue weighted by Crippen LogP contribution is -2.15. The van der Waals surface area contributed by atoms with Crippen molar-refractivity contribution in [1.82, 2.24) is 0 Å². The summed E-state index contributed by atoms with van der Waals surface area (Å²) in [5, 5.41) is 0. The molecule has 0 radical (unpaired) electrons. The second-order valence-electron chi connectivity index (χ2n) is 5.22. The van der Waals surface area contributed by atoms with Gasteiger partial charge in [-0.15, -0.1) is 0 Å². The highest BCUT2D eigenvalue weighted by atomic mass is 79.9. The standard InChI is InChI=1S/C17H20BrN/c1-11-7-8-12(2)14(9-11)10-16(19)15-6-4-5-13(3)17(15)18/h4-9,16H,10,19H2,1-3H3. The maximum Gasteiger partial charge on any atom is 0.0347 e. The molecule has 0 aliphatic heterocycles. The van der Waals surface area contributed by atoms with E-state index in [0.717, 1.165) is 10.9 Å². The first-order valence-corrected chi connectivity index (χ1v) is 7.35. The summed E-state index contributed by atoms with van der Waals surface area (Å²) >= 11 is 3.65. The van der Waals surface area contributed by atoms with Crippen LogP contribution in [0, 0.1) is 20.8 Å². The van der Waals surface area contributed by atoms with Gasteiger partial charge in [-0.2, -0.15) is 0 Å². The summed E-state index contributed by atoms with van der Waals surface area (Å²) in [6.07, 6.45) is 0.871. The molecule has 2 rings (SSSR count). The van der Waals surface area contributed by atoms with Gasteiger partial charge in [-0.1, -0.05) is 57.9 Å². The van der Waals surface area contributed by atoms with E-state index in [1.165, 1.54) is 27.8 Å². The second-order valence-corrected chi connectivity index (χ2v) is 6.01. The molecule has 0 aliphatic carbocycles. The Morgan fingerprint density at radius 2 is 1.79 bits per heavy atom. The third-order valence-electron chi connectivity index (χ3n) is 3.57. The van der Waals surface area contributed by atoms with Gasteiger partial charge in [0.1, 0.15) is 0 Å². The molecule has 0 bridgehead atoms. The van der Waals surface area contributed by atoms with Crippen LogP contribution in [0.2, 0.25) is 0 Å². The lowest BCUT2D eigenvalue weighted by molar-refractivity contribution is 0.714. The Morgan fingerprint density at radius 1 is 1.05 bits per heavy atom. The molecule has 0 heterocycles. The van der Waals surface area contributed by atoms with E-state index in [0.29, 0.717) is 0 Å². The predicted molar refractivity (Wildman–Crippen MR) is 85.4 cm³/mol. The van der Waals surface area contributed by atoms with Gasteiger partial charge >= 0.3 is 0 Å². The van der Waals surface area contributed by atoms with Crippen molar-refractivity contribution in [3.05, 3.63) is 68.7 Å². The Morgan fingerprint density at radius 3 is 2.53 bits per heavy atom. The zero-order valence-electron chi connectivity index (χ0n) is 11.7. The fourth-order valence-corrected chi connectivity index (χ4v) is 2.88. The van der Waals surface area contributed by atoms with Gasteiger partial charge in [0.15, 0.2) is 0 Å². The topological polar surface area (TPSA) is 26.0 Å². The molecule has 0 saturated carbocycles. The summed E-state index contributed by atoms with van der Waals surface area (Å²) in [6, 6.07) is 12.8. The van der Waals surface area contributed by atoms with E-state index in [4.69, 9.17) is 5.73 Å². The summed E-state index contributed by atoms with van der Waals surface area (Å²) in [5.41, 5.74) is 12.7. The quantitative estimate of drug-likeness (QED) is 0.878. The number of hydrogen-bond acceptors (Lipinski definition) is 1. The van der Waals surface area contributed by atoms with Crippen LogP contribution in [-0.4, -0.2) is 0 Å². The van der Waals surface area contributed by atoms with Crippen molar-refractivity contribution in [2.45, 2.75) is 33.2 Å². The molecule has 0 spiro atoms. The average molecular weight is 318 g/mol. The molecule has 0 saturated heterocycles. The maximum absolute atomic E-state index is 6.39. The lowest BCUT2D eigenvalue weighted by Gasteiger charge is -2.17. The summed E-state index contributed by atoms with van der Waals surface area (Å²) in [4.78, 5) is 0. The molecule has 100 valence electrons. The normalized spacial score (nSPS) is 12.5. The van der Waals surface area contributed by atoms with Crippen molar-refractivity contribution in [2.75, 3.05) is 0 Å². The van der Waals surface area contributed by atoms with Gasteiger partial charge in [0, 0.05) is 10.5 Å². The second kappa shape index (κ2) is 5.89. The van der Waals surface area contributed by atoms with E-state index < -0.39 is 0 Å². The molecule has 2 aromatic carbocycles. The molecule has 2 aromatic rings. The average Bonchev–Trinajstić information content (AvgIpc) is 2.37. The molecular weight excluding hydrogens is 298 g/mol. The van der Waals surface area contributed by atoms with Gasteiger partial charge in [-0.25, -0.2) is 0 Å². The van der Waals surface area contributed by atoms with Crippen molar-refractivity contribution < 1.29 is 0 Å². The van der Waals surface area contributed by atoms with E-state index in [1.54, 1.807) is 0 Å². The summed E-state index contributed by atoms with van der Waals surface area (Å²) < 4.78 is 1.13. The van der Waals surface area contributed by atoms with Crippen LogP contribution in [0.4, 0.5) is 0 Å². The SMILES string of the molecule is Cc1ccc(C)c(CC(N)c2cccc(C)c2Br)c1. The zero-order valence-corrected chi connectivity index (χ0v) is 13.3. The summed E-state index contributed by atoms with van der Waals surface area (Å²) in [5.74, 6) is 0. The van der Waals surface area contributed by atoms with Gasteiger partial charge in [0.25, 0.3) is 0 Å². The van der Waals surface area contributed by atoms with Crippen LogP contribution in [0.1, 0.15) is 33.9 Å². The van der Waals surface area contributed by atoms with Crippen molar-refractivity contribution in [1.29, 1.82) is 0 Å². The van der Waals surface area contributed by atoms with Crippen molar-refractivity contribution in [3.8, 4) is 0 Å². The van der Waals surface area contributed by atoms with E-state index in [1.807, 2.05) is 0 Å².